The molecule has 3 heterocycles. The van der Waals surface area contributed by atoms with Crippen molar-refractivity contribution in [2.24, 2.45) is 0 Å². The number of hydrogen-bond donors (Lipinski definition) is 0. The molecule has 0 saturated carbocycles. The van der Waals surface area contributed by atoms with Crippen LogP contribution in [-0.4, -0.2) is 15.0 Å². The van der Waals surface area contributed by atoms with E-state index in [1.165, 1.54) is 89.4 Å². The van der Waals surface area contributed by atoms with E-state index in [4.69, 9.17) is 15.0 Å². The lowest BCUT2D eigenvalue weighted by Gasteiger charge is -2.12. The van der Waals surface area contributed by atoms with Crippen LogP contribution in [0.3, 0.4) is 0 Å². The number of rotatable bonds is 5. The zero-order valence-electron chi connectivity index (χ0n) is 33.2. The smallest absolute Gasteiger partial charge is 0.164 e. The Bertz CT molecular complexity index is 3890. The van der Waals surface area contributed by atoms with Gasteiger partial charge in [0.15, 0.2) is 17.5 Å². The van der Waals surface area contributed by atoms with E-state index in [-0.39, 0.29) is 0 Å². The summed E-state index contributed by atoms with van der Waals surface area (Å²) in [4.78, 5) is 15.2. The van der Waals surface area contributed by atoms with Gasteiger partial charge in [0.25, 0.3) is 0 Å². The van der Waals surface area contributed by atoms with Gasteiger partial charge in [-0.3, -0.25) is 0 Å². The molecule has 3 nitrogen and oxygen atoms in total. The van der Waals surface area contributed by atoms with Crippen molar-refractivity contribution in [3.8, 4) is 56.4 Å². The minimum atomic E-state index is 0.650. The molecule has 0 aliphatic carbocycles. The molecule has 0 atom stereocenters. The number of fused-ring (bicyclic) bond motifs is 12. The van der Waals surface area contributed by atoms with Crippen molar-refractivity contribution in [3.05, 3.63) is 200 Å². The molecule has 0 spiro atoms. The van der Waals surface area contributed by atoms with Gasteiger partial charge in [-0.2, -0.15) is 0 Å². The predicted molar refractivity (Wildman–Crippen MR) is 265 cm³/mol. The van der Waals surface area contributed by atoms with Gasteiger partial charge in [0, 0.05) is 57.0 Å². The van der Waals surface area contributed by atoms with Crippen LogP contribution >= 0.6 is 22.7 Å². The average Bonchev–Trinajstić information content (AvgIpc) is 3.92. The Morgan fingerprint density at radius 1 is 0.242 bits per heavy atom. The molecule has 5 heteroatoms. The van der Waals surface area contributed by atoms with Crippen molar-refractivity contribution in [1.29, 1.82) is 0 Å². The molecular weight excluding hydrogens is 791 g/mol. The second kappa shape index (κ2) is 14.0. The van der Waals surface area contributed by atoms with Crippen LogP contribution in [0.25, 0.3) is 129 Å². The highest BCUT2D eigenvalue weighted by atomic mass is 32.1. The SMILES string of the molecule is c1ccc(-c2nc(-c3ccc(-c4cccc5sc6ccc(-c7ccc8c9ccccc9c9ccccc9c8c7)cc6c45)cc3)nc(-c3ccc4c(c3)sc3ccccc34)n2)cc1. The molecule has 0 radical (unpaired) electrons. The first-order valence-corrected chi connectivity index (χ1v) is 22.5. The van der Waals surface area contributed by atoms with Crippen LogP contribution in [0.1, 0.15) is 0 Å². The fraction of sp³-hybridized carbons (Fsp3) is 0. The van der Waals surface area contributed by atoms with E-state index < -0.39 is 0 Å². The van der Waals surface area contributed by atoms with E-state index in [1.54, 1.807) is 11.3 Å². The zero-order chi connectivity index (χ0) is 40.7. The van der Waals surface area contributed by atoms with Crippen LogP contribution in [0.4, 0.5) is 0 Å². The monoisotopic (exact) mass is 823 g/mol. The van der Waals surface area contributed by atoms with Gasteiger partial charge in [-0.1, -0.05) is 164 Å². The lowest BCUT2D eigenvalue weighted by molar-refractivity contribution is 1.07. The van der Waals surface area contributed by atoms with Crippen molar-refractivity contribution in [3.63, 3.8) is 0 Å². The quantitative estimate of drug-likeness (QED) is 0.162. The fourth-order valence-corrected chi connectivity index (χ4v) is 11.6. The molecule has 0 bridgehead atoms. The van der Waals surface area contributed by atoms with Gasteiger partial charge in [0.2, 0.25) is 0 Å². The molecular formula is C57H33N3S2. The summed E-state index contributed by atoms with van der Waals surface area (Å²) in [5.74, 6) is 1.97. The number of aromatic nitrogens is 3. The molecule has 0 saturated heterocycles. The van der Waals surface area contributed by atoms with Crippen LogP contribution in [0.2, 0.25) is 0 Å². The van der Waals surface area contributed by atoms with E-state index in [0.717, 1.165) is 22.3 Å². The first kappa shape index (κ1) is 35.2. The van der Waals surface area contributed by atoms with Crippen LogP contribution in [0, 0.1) is 0 Å². The third kappa shape index (κ3) is 5.67. The molecule has 0 fully saturated rings. The van der Waals surface area contributed by atoms with Gasteiger partial charge in [0.05, 0.1) is 0 Å². The van der Waals surface area contributed by atoms with Crippen molar-refractivity contribution in [2.45, 2.75) is 0 Å². The van der Waals surface area contributed by atoms with E-state index in [1.807, 2.05) is 29.5 Å². The first-order valence-electron chi connectivity index (χ1n) is 20.8. The highest BCUT2D eigenvalue weighted by molar-refractivity contribution is 7.26. The molecule has 288 valence electrons. The number of thiophene rings is 2. The molecule has 0 N–H and O–H groups in total. The largest absolute Gasteiger partial charge is 0.208 e. The first-order chi connectivity index (χ1) is 30.7. The second-order valence-corrected chi connectivity index (χ2v) is 18.1. The van der Waals surface area contributed by atoms with Crippen LogP contribution in [-0.2, 0) is 0 Å². The maximum Gasteiger partial charge on any atom is 0.164 e. The third-order valence-electron chi connectivity index (χ3n) is 12.3. The van der Waals surface area contributed by atoms with E-state index in [2.05, 4.69) is 182 Å². The molecule has 62 heavy (non-hydrogen) atoms. The summed E-state index contributed by atoms with van der Waals surface area (Å²) in [6, 6.07) is 72.3. The van der Waals surface area contributed by atoms with Crippen molar-refractivity contribution < 1.29 is 0 Å². The maximum atomic E-state index is 5.12. The molecule has 0 amide bonds. The third-order valence-corrected chi connectivity index (χ3v) is 14.6. The van der Waals surface area contributed by atoms with Gasteiger partial charge in [-0.15, -0.1) is 22.7 Å². The normalized spacial score (nSPS) is 11.9. The molecule has 0 unspecified atom stereocenters. The topological polar surface area (TPSA) is 38.7 Å². The minimum absolute atomic E-state index is 0.650. The Labute approximate surface area is 364 Å². The van der Waals surface area contributed by atoms with Crippen molar-refractivity contribution >= 4 is 95.3 Å². The maximum absolute atomic E-state index is 5.12. The minimum Gasteiger partial charge on any atom is -0.208 e. The van der Waals surface area contributed by atoms with E-state index in [9.17, 15) is 0 Å². The summed E-state index contributed by atoms with van der Waals surface area (Å²) >= 11 is 3.66. The van der Waals surface area contributed by atoms with Crippen LogP contribution in [0.15, 0.2) is 200 Å². The Balaban J connectivity index is 0.906. The van der Waals surface area contributed by atoms with Gasteiger partial charge in [-0.25, -0.2) is 15.0 Å². The van der Waals surface area contributed by atoms with Gasteiger partial charge in [0.1, 0.15) is 0 Å². The summed E-state index contributed by atoms with van der Waals surface area (Å²) < 4.78 is 5.06. The summed E-state index contributed by atoms with van der Waals surface area (Å²) in [6.45, 7) is 0. The molecule has 0 aliphatic heterocycles. The molecule has 13 rings (SSSR count). The Kier molecular flexibility index (Phi) is 7.95. The van der Waals surface area contributed by atoms with E-state index in [0.29, 0.717) is 17.5 Å². The van der Waals surface area contributed by atoms with E-state index >= 15 is 0 Å². The Morgan fingerprint density at radius 3 is 1.42 bits per heavy atom. The molecule has 3 aromatic heterocycles. The lowest BCUT2D eigenvalue weighted by Crippen LogP contribution is -2.00. The number of nitrogens with zero attached hydrogens (tertiary/aromatic N) is 3. The van der Waals surface area contributed by atoms with Crippen molar-refractivity contribution in [1.82, 2.24) is 15.0 Å². The van der Waals surface area contributed by atoms with Crippen molar-refractivity contribution in [2.75, 3.05) is 0 Å². The summed E-state index contributed by atoms with van der Waals surface area (Å²) in [7, 11) is 0. The summed E-state index contributed by atoms with van der Waals surface area (Å²) in [6.07, 6.45) is 0. The number of hydrogen-bond acceptors (Lipinski definition) is 5. The zero-order valence-corrected chi connectivity index (χ0v) is 34.8. The highest BCUT2D eigenvalue weighted by Crippen LogP contribution is 2.43. The van der Waals surface area contributed by atoms with Gasteiger partial charge < -0.3 is 0 Å². The molecule has 13 aromatic rings. The van der Waals surface area contributed by atoms with Gasteiger partial charge >= 0.3 is 0 Å². The lowest BCUT2D eigenvalue weighted by atomic mass is 9.91. The summed E-state index contributed by atoms with van der Waals surface area (Å²) in [5.41, 5.74) is 7.68. The molecule has 0 aliphatic rings. The summed E-state index contributed by atoms with van der Waals surface area (Å²) in [5, 5.41) is 12.8. The van der Waals surface area contributed by atoms with Crippen LogP contribution < -0.4 is 0 Å². The number of benzene rings is 10. The fourth-order valence-electron chi connectivity index (χ4n) is 9.35. The van der Waals surface area contributed by atoms with Crippen LogP contribution in [0.5, 0.6) is 0 Å². The van der Waals surface area contributed by atoms with Gasteiger partial charge in [-0.05, 0) is 91.0 Å². The molecule has 10 aromatic carbocycles. The highest BCUT2D eigenvalue weighted by Gasteiger charge is 2.17. The average molecular weight is 824 g/mol. The second-order valence-electron chi connectivity index (χ2n) is 15.9. The predicted octanol–water partition coefficient (Wildman–Crippen LogP) is 16.4. The standard InChI is InChI=1S/C57H33N3S2/c1-2-11-35(12-3-1)55-58-56(60-57(59-55)39-26-29-47-46-17-8-9-19-50(46)62-53(47)33-39)36-23-21-34(22-24-36)40-18-10-20-52-54(40)49-32-38(27-30-51(49)61-52)37-25-28-45-43-15-5-4-13-41(43)42-14-6-7-16-44(42)48(45)31-37/h1-33H. The Hall–Kier alpha value is -7.57. The Morgan fingerprint density at radius 2 is 0.694 bits per heavy atom.